The Kier molecular flexibility index (Phi) is 3.38. The molecule has 1 aromatic heterocycles. The van der Waals surface area contributed by atoms with Crippen LogP contribution in [-0.4, -0.2) is 24.2 Å². The van der Waals surface area contributed by atoms with E-state index in [0.29, 0.717) is 0 Å². The van der Waals surface area contributed by atoms with Crippen molar-refractivity contribution >= 4 is 18.1 Å². The summed E-state index contributed by atoms with van der Waals surface area (Å²) in [4.78, 5) is 20.2. The minimum Gasteiger partial charge on any atom is -0.400 e. The summed E-state index contributed by atoms with van der Waals surface area (Å²) < 4.78 is 4.74. The van der Waals surface area contributed by atoms with Gasteiger partial charge in [-0.2, -0.15) is 5.10 Å². The lowest BCUT2D eigenvalue weighted by molar-refractivity contribution is -0.402. The maximum atomic E-state index is 10.6. The Morgan fingerprint density at radius 2 is 2.40 bits per heavy atom. The SMILES string of the molecule is CNC(=O)N/N=C/c1ccc([N+](=O)[O-])o1. The van der Waals surface area contributed by atoms with Crippen LogP contribution in [0.15, 0.2) is 21.7 Å². The Balaban J connectivity index is 2.57. The van der Waals surface area contributed by atoms with Gasteiger partial charge in [0.2, 0.25) is 0 Å². The van der Waals surface area contributed by atoms with Gasteiger partial charge in [-0.1, -0.05) is 0 Å². The molecule has 1 heterocycles. The molecule has 2 N–H and O–H groups in total. The summed E-state index contributed by atoms with van der Waals surface area (Å²) in [6.45, 7) is 0. The van der Waals surface area contributed by atoms with Gasteiger partial charge < -0.3 is 9.73 Å². The van der Waals surface area contributed by atoms with Crippen molar-refractivity contribution in [2.24, 2.45) is 5.10 Å². The van der Waals surface area contributed by atoms with E-state index in [-0.39, 0.29) is 11.6 Å². The molecule has 0 unspecified atom stereocenters. The minimum absolute atomic E-state index is 0.179. The number of hydrogen-bond donors (Lipinski definition) is 2. The molecule has 8 heteroatoms. The Labute approximate surface area is 84.1 Å². The summed E-state index contributed by atoms with van der Waals surface area (Å²) >= 11 is 0. The Morgan fingerprint density at radius 1 is 1.67 bits per heavy atom. The smallest absolute Gasteiger partial charge is 0.400 e. The topological polar surface area (TPSA) is 110 Å². The summed E-state index contributed by atoms with van der Waals surface area (Å²) in [6.07, 6.45) is 1.15. The highest BCUT2D eigenvalue weighted by molar-refractivity contribution is 5.79. The first-order valence-electron chi connectivity index (χ1n) is 3.88. The number of nitrogens with one attached hydrogen (secondary N) is 2. The third-order valence-corrected chi connectivity index (χ3v) is 1.38. The quantitative estimate of drug-likeness (QED) is 0.430. The first kappa shape index (κ1) is 10.7. The predicted molar refractivity (Wildman–Crippen MR) is 50.5 cm³/mol. The Hall–Kier alpha value is -2.38. The first-order valence-corrected chi connectivity index (χ1v) is 3.88. The average Bonchev–Trinajstić information content (AvgIpc) is 2.66. The molecule has 0 aromatic carbocycles. The van der Waals surface area contributed by atoms with Crippen LogP contribution in [0.3, 0.4) is 0 Å². The van der Waals surface area contributed by atoms with Crippen molar-refractivity contribution in [3.63, 3.8) is 0 Å². The van der Waals surface area contributed by atoms with Crippen LogP contribution < -0.4 is 10.7 Å². The number of carbonyl (C=O) groups is 1. The van der Waals surface area contributed by atoms with Crippen molar-refractivity contribution < 1.29 is 14.1 Å². The number of hydrogen-bond acceptors (Lipinski definition) is 5. The number of furan rings is 1. The molecule has 0 aliphatic heterocycles. The molecule has 15 heavy (non-hydrogen) atoms. The van der Waals surface area contributed by atoms with Crippen molar-refractivity contribution in [3.05, 3.63) is 28.0 Å². The zero-order valence-electron chi connectivity index (χ0n) is 7.76. The van der Waals surface area contributed by atoms with Crippen LogP contribution in [0.4, 0.5) is 10.7 Å². The number of rotatable bonds is 3. The van der Waals surface area contributed by atoms with E-state index in [4.69, 9.17) is 4.42 Å². The van der Waals surface area contributed by atoms with Gasteiger partial charge in [-0.05, 0) is 6.07 Å². The fourth-order valence-corrected chi connectivity index (χ4v) is 0.720. The van der Waals surface area contributed by atoms with Gasteiger partial charge in [-0.25, -0.2) is 10.2 Å². The lowest BCUT2D eigenvalue weighted by Gasteiger charge is -1.94. The largest absolute Gasteiger partial charge is 0.433 e. The van der Waals surface area contributed by atoms with E-state index in [1.54, 1.807) is 0 Å². The van der Waals surface area contributed by atoms with E-state index in [2.05, 4.69) is 15.8 Å². The molecule has 0 saturated carbocycles. The highest BCUT2D eigenvalue weighted by atomic mass is 16.6. The maximum absolute atomic E-state index is 10.6. The second kappa shape index (κ2) is 4.74. The van der Waals surface area contributed by atoms with Crippen LogP contribution in [0.25, 0.3) is 0 Å². The molecule has 2 amide bonds. The molecular weight excluding hydrogens is 204 g/mol. The van der Waals surface area contributed by atoms with Gasteiger partial charge in [0.05, 0.1) is 12.3 Å². The summed E-state index contributed by atoms with van der Waals surface area (Å²) in [7, 11) is 1.43. The second-order valence-corrected chi connectivity index (χ2v) is 2.38. The summed E-state index contributed by atoms with van der Waals surface area (Å²) in [5, 5.41) is 16.0. The fourth-order valence-electron chi connectivity index (χ4n) is 0.720. The van der Waals surface area contributed by atoms with E-state index in [9.17, 15) is 14.9 Å². The van der Waals surface area contributed by atoms with Crippen LogP contribution >= 0.6 is 0 Å². The van der Waals surface area contributed by atoms with Crippen LogP contribution in [0, 0.1) is 10.1 Å². The van der Waals surface area contributed by atoms with Crippen LogP contribution in [-0.2, 0) is 0 Å². The standard InChI is InChI=1S/C7H8N4O4/c1-8-7(12)10-9-4-5-2-3-6(15-5)11(13)14/h2-4H,1H3,(H2,8,10,12)/b9-4+. The first-order chi connectivity index (χ1) is 7.13. The Bertz CT molecular complexity index is 397. The molecule has 0 radical (unpaired) electrons. The lowest BCUT2D eigenvalue weighted by Crippen LogP contribution is -2.28. The molecule has 0 atom stereocenters. The molecule has 0 aliphatic rings. The molecule has 80 valence electrons. The molecule has 0 spiro atoms. The van der Waals surface area contributed by atoms with E-state index >= 15 is 0 Å². The van der Waals surface area contributed by atoms with E-state index < -0.39 is 11.0 Å². The van der Waals surface area contributed by atoms with Gasteiger partial charge in [-0.3, -0.25) is 10.1 Å². The number of nitro groups is 1. The molecule has 8 nitrogen and oxygen atoms in total. The number of urea groups is 1. The van der Waals surface area contributed by atoms with Crippen molar-refractivity contribution in [2.75, 3.05) is 7.05 Å². The van der Waals surface area contributed by atoms with Crippen molar-refractivity contribution in [1.29, 1.82) is 0 Å². The normalized spacial score (nSPS) is 10.2. The summed E-state index contributed by atoms with van der Waals surface area (Å²) in [5.74, 6) is -0.200. The zero-order chi connectivity index (χ0) is 11.3. The molecule has 1 aromatic rings. The van der Waals surface area contributed by atoms with Crippen LogP contribution in [0.1, 0.15) is 5.76 Å². The van der Waals surface area contributed by atoms with Crippen molar-refractivity contribution in [2.45, 2.75) is 0 Å². The molecule has 0 aliphatic carbocycles. The second-order valence-electron chi connectivity index (χ2n) is 2.38. The number of nitrogens with zero attached hydrogens (tertiary/aromatic N) is 2. The van der Waals surface area contributed by atoms with E-state index in [1.165, 1.54) is 19.2 Å². The summed E-state index contributed by atoms with van der Waals surface area (Å²) in [6, 6.07) is 2.07. The minimum atomic E-state index is -0.663. The third kappa shape index (κ3) is 3.10. The van der Waals surface area contributed by atoms with Crippen molar-refractivity contribution in [1.82, 2.24) is 10.7 Å². The van der Waals surface area contributed by atoms with Gasteiger partial charge in [0.1, 0.15) is 4.92 Å². The lowest BCUT2D eigenvalue weighted by atomic mass is 10.5. The third-order valence-electron chi connectivity index (χ3n) is 1.38. The van der Waals surface area contributed by atoms with E-state index in [0.717, 1.165) is 6.21 Å². The highest BCUT2D eigenvalue weighted by Gasteiger charge is 2.09. The van der Waals surface area contributed by atoms with Gasteiger partial charge in [0.15, 0.2) is 5.76 Å². The van der Waals surface area contributed by atoms with Gasteiger partial charge in [-0.15, -0.1) is 0 Å². The number of carbonyl (C=O) groups excluding carboxylic acids is 1. The van der Waals surface area contributed by atoms with Gasteiger partial charge in [0, 0.05) is 7.05 Å². The molecule has 0 bridgehead atoms. The Morgan fingerprint density at radius 3 is 2.93 bits per heavy atom. The van der Waals surface area contributed by atoms with Gasteiger partial charge in [0.25, 0.3) is 0 Å². The summed E-state index contributed by atoms with van der Waals surface area (Å²) in [5.41, 5.74) is 2.11. The number of amides is 2. The molecule has 0 saturated heterocycles. The fraction of sp³-hybridized carbons (Fsp3) is 0.143. The maximum Gasteiger partial charge on any atom is 0.433 e. The van der Waals surface area contributed by atoms with Crippen LogP contribution in [0.2, 0.25) is 0 Å². The molecular formula is C7H8N4O4. The van der Waals surface area contributed by atoms with Gasteiger partial charge >= 0.3 is 11.9 Å². The predicted octanol–water partition coefficient (Wildman–Crippen LogP) is 0.451. The zero-order valence-corrected chi connectivity index (χ0v) is 7.76. The average molecular weight is 212 g/mol. The monoisotopic (exact) mass is 212 g/mol. The molecule has 0 fully saturated rings. The number of hydrazone groups is 1. The van der Waals surface area contributed by atoms with E-state index in [1.807, 2.05) is 0 Å². The highest BCUT2D eigenvalue weighted by Crippen LogP contribution is 2.13. The van der Waals surface area contributed by atoms with Crippen molar-refractivity contribution in [3.8, 4) is 0 Å². The molecule has 1 rings (SSSR count). The van der Waals surface area contributed by atoms with Crippen LogP contribution in [0.5, 0.6) is 0 Å².